The number of hydrogen-bond acceptors (Lipinski definition) is 4. The van der Waals surface area contributed by atoms with E-state index in [1.54, 1.807) is 4.68 Å². The molecule has 1 atom stereocenters. The van der Waals surface area contributed by atoms with Crippen LogP contribution in [-0.4, -0.2) is 53.1 Å². The monoisotopic (exact) mass is 226 g/mol. The number of rotatable bonds is 7. The molecule has 1 aromatic rings. The van der Waals surface area contributed by atoms with Crippen LogP contribution in [0.2, 0.25) is 0 Å². The van der Waals surface area contributed by atoms with Crippen molar-refractivity contribution in [1.29, 1.82) is 0 Å². The Morgan fingerprint density at radius 1 is 1.56 bits per heavy atom. The van der Waals surface area contributed by atoms with Crippen LogP contribution in [0.1, 0.15) is 12.5 Å². The lowest BCUT2D eigenvalue weighted by atomic mass is 10.3. The van der Waals surface area contributed by atoms with Gasteiger partial charge in [-0.2, -0.15) is 5.10 Å². The fourth-order valence-corrected chi connectivity index (χ4v) is 1.63. The van der Waals surface area contributed by atoms with E-state index in [2.05, 4.69) is 36.3 Å². The lowest BCUT2D eigenvalue weighted by Gasteiger charge is -2.17. The van der Waals surface area contributed by atoms with Crippen LogP contribution in [-0.2, 0) is 13.1 Å². The maximum Gasteiger partial charge on any atom is 0.0640 e. The summed E-state index contributed by atoms with van der Waals surface area (Å²) in [7, 11) is 4.13. The largest absolute Gasteiger partial charge is 0.394 e. The molecule has 0 saturated carbocycles. The normalized spacial score (nSPS) is 13.3. The minimum absolute atomic E-state index is 0.131. The van der Waals surface area contributed by atoms with E-state index in [-0.39, 0.29) is 6.61 Å². The molecule has 1 aromatic heterocycles. The van der Waals surface area contributed by atoms with Gasteiger partial charge in [0.1, 0.15) is 0 Å². The van der Waals surface area contributed by atoms with Gasteiger partial charge in [-0.25, -0.2) is 0 Å². The molecule has 92 valence electrons. The highest BCUT2D eigenvalue weighted by Crippen LogP contribution is 1.98. The molecule has 1 unspecified atom stereocenters. The number of aromatic nitrogens is 2. The van der Waals surface area contributed by atoms with E-state index in [9.17, 15) is 0 Å². The zero-order chi connectivity index (χ0) is 12.0. The van der Waals surface area contributed by atoms with Gasteiger partial charge in [-0.15, -0.1) is 0 Å². The van der Waals surface area contributed by atoms with Gasteiger partial charge in [-0.05, 0) is 21.0 Å². The average Bonchev–Trinajstić information content (AvgIpc) is 2.62. The summed E-state index contributed by atoms with van der Waals surface area (Å²) in [5, 5.41) is 16.3. The maximum absolute atomic E-state index is 8.76. The Hall–Kier alpha value is -0.910. The molecule has 1 heterocycles. The summed E-state index contributed by atoms with van der Waals surface area (Å²) >= 11 is 0. The molecule has 5 nitrogen and oxygen atoms in total. The highest BCUT2D eigenvalue weighted by Gasteiger charge is 2.04. The van der Waals surface area contributed by atoms with Gasteiger partial charge in [0.05, 0.1) is 19.3 Å². The summed E-state index contributed by atoms with van der Waals surface area (Å²) in [5.41, 5.74) is 1.15. The van der Waals surface area contributed by atoms with Crippen LogP contribution in [0.5, 0.6) is 0 Å². The second-order valence-corrected chi connectivity index (χ2v) is 4.38. The highest BCUT2D eigenvalue weighted by molar-refractivity contribution is 5.03. The second-order valence-electron chi connectivity index (χ2n) is 4.38. The lowest BCUT2D eigenvalue weighted by Crippen LogP contribution is -2.35. The van der Waals surface area contributed by atoms with Crippen LogP contribution in [0, 0.1) is 0 Å². The van der Waals surface area contributed by atoms with Crippen molar-refractivity contribution in [2.75, 3.05) is 27.2 Å². The molecule has 2 N–H and O–H groups in total. The first-order chi connectivity index (χ1) is 7.61. The Morgan fingerprint density at radius 2 is 2.31 bits per heavy atom. The van der Waals surface area contributed by atoms with Crippen LogP contribution in [0.3, 0.4) is 0 Å². The maximum atomic E-state index is 8.76. The van der Waals surface area contributed by atoms with Crippen molar-refractivity contribution < 1.29 is 5.11 Å². The van der Waals surface area contributed by atoms with Crippen molar-refractivity contribution in [3.8, 4) is 0 Å². The first-order valence-electron chi connectivity index (χ1n) is 5.62. The van der Waals surface area contributed by atoms with Crippen molar-refractivity contribution in [2.24, 2.45) is 0 Å². The average molecular weight is 226 g/mol. The van der Waals surface area contributed by atoms with Crippen molar-refractivity contribution in [3.63, 3.8) is 0 Å². The van der Waals surface area contributed by atoms with Crippen LogP contribution in [0.4, 0.5) is 0 Å². The molecule has 0 aliphatic carbocycles. The number of hydrogen-bond donors (Lipinski definition) is 2. The van der Waals surface area contributed by atoms with Gasteiger partial charge in [-0.3, -0.25) is 4.68 Å². The fraction of sp³-hybridized carbons (Fsp3) is 0.727. The third-order valence-corrected chi connectivity index (χ3v) is 2.31. The Kier molecular flexibility index (Phi) is 5.45. The molecule has 16 heavy (non-hydrogen) atoms. The summed E-state index contributed by atoms with van der Waals surface area (Å²) in [4.78, 5) is 2.16. The fourth-order valence-electron chi connectivity index (χ4n) is 1.63. The number of aliphatic hydroxyl groups excluding tert-OH is 1. The Bertz CT molecular complexity index is 298. The zero-order valence-corrected chi connectivity index (χ0v) is 10.3. The molecule has 0 spiro atoms. The van der Waals surface area contributed by atoms with Crippen molar-refractivity contribution >= 4 is 0 Å². The Labute approximate surface area is 97.1 Å². The van der Waals surface area contributed by atoms with Crippen LogP contribution < -0.4 is 5.32 Å². The molecular weight excluding hydrogens is 204 g/mol. The molecule has 0 bridgehead atoms. The van der Waals surface area contributed by atoms with Crippen molar-refractivity contribution in [1.82, 2.24) is 20.0 Å². The van der Waals surface area contributed by atoms with Crippen LogP contribution in [0.15, 0.2) is 12.4 Å². The number of nitrogens with one attached hydrogen (secondary N) is 1. The van der Waals surface area contributed by atoms with Crippen LogP contribution >= 0.6 is 0 Å². The predicted octanol–water partition coefficient (Wildman–Crippen LogP) is -0.0849. The van der Waals surface area contributed by atoms with E-state index in [0.29, 0.717) is 12.6 Å². The molecular formula is C11H22N4O. The molecule has 0 aromatic carbocycles. The smallest absolute Gasteiger partial charge is 0.0640 e. The van der Waals surface area contributed by atoms with Gasteiger partial charge >= 0.3 is 0 Å². The quantitative estimate of drug-likeness (QED) is 0.682. The third kappa shape index (κ3) is 4.74. The summed E-state index contributed by atoms with van der Waals surface area (Å²) in [5.74, 6) is 0. The van der Waals surface area contributed by atoms with E-state index >= 15 is 0 Å². The second kappa shape index (κ2) is 6.62. The lowest BCUT2D eigenvalue weighted by molar-refractivity contribution is 0.269. The van der Waals surface area contributed by atoms with Crippen molar-refractivity contribution in [2.45, 2.75) is 26.1 Å². The number of aliphatic hydroxyl groups is 1. The summed E-state index contributed by atoms with van der Waals surface area (Å²) in [6, 6.07) is 0.455. The minimum Gasteiger partial charge on any atom is -0.394 e. The highest BCUT2D eigenvalue weighted by atomic mass is 16.3. The Balaban J connectivity index is 2.30. The standard InChI is InChI=1S/C11H22N4O/c1-10(8-14(2)3)12-6-11-7-13-15(9-11)4-5-16/h7,9-10,12,16H,4-6,8H2,1-3H3. The molecule has 0 saturated heterocycles. The van der Waals surface area contributed by atoms with Gasteiger partial charge in [0.15, 0.2) is 0 Å². The number of nitrogens with zero attached hydrogens (tertiary/aromatic N) is 3. The molecule has 0 aliphatic rings. The van der Waals surface area contributed by atoms with Gasteiger partial charge in [-0.1, -0.05) is 0 Å². The first-order valence-corrected chi connectivity index (χ1v) is 5.62. The summed E-state index contributed by atoms with van der Waals surface area (Å²) in [6.07, 6.45) is 3.80. The molecule has 0 fully saturated rings. The Morgan fingerprint density at radius 3 is 2.94 bits per heavy atom. The predicted molar refractivity (Wildman–Crippen MR) is 64.2 cm³/mol. The van der Waals surface area contributed by atoms with E-state index in [1.807, 2.05) is 12.4 Å². The molecule has 5 heteroatoms. The SMILES string of the molecule is CC(CN(C)C)NCc1cnn(CCO)c1. The molecule has 0 radical (unpaired) electrons. The number of likely N-dealkylation sites (N-methyl/N-ethyl adjacent to an activating group) is 1. The van der Waals surface area contributed by atoms with Gasteiger partial charge in [0.25, 0.3) is 0 Å². The molecule has 0 aliphatic heterocycles. The van der Waals surface area contributed by atoms with E-state index < -0.39 is 0 Å². The molecule has 0 amide bonds. The van der Waals surface area contributed by atoms with Gasteiger partial charge < -0.3 is 15.3 Å². The summed E-state index contributed by atoms with van der Waals surface area (Å²) in [6.45, 7) is 4.70. The third-order valence-electron chi connectivity index (χ3n) is 2.31. The minimum atomic E-state index is 0.131. The first kappa shape index (κ1) is 13.2. The van der Waals surface area contributed by atoms with Crippen molar-refractivity contribution in [3.05, 3.63) is 18.0 Å². The van der Waals surface area contributed by atoms with E-state index in [4.69, 9.17) is 5.11 Å². The topological polar surface area (TPSA) is 53.3 Å². The van der Waals surface area contributed by atoms with Gasteiger partial charge in [0.2, 0.25) is 0 Å². The van der Waals surface area contributed by atoms with E-state index in [1.165, 1.54) is 0 Å². The summed E-state index contributed by atoms with van der Waals surface area (Å²) < 4.78 is 1.76. The zero-order valence-electron chi connectivity index (χ0n) is 10.3. The molecule has 1 rings (SSSR count). The van der Waals surface area contributed by atoms with Crippen LogP contribution in [0.25, 0.3) is 0 Å². The van der Waals surface area contributed by atoms with Gasteiger partial charge in [0, 0.05) is 30.9 Å². The van der Waals surface area contributed by atoms with E-state index in [0.717, 1.165) is 18.7 Å².